The maximum absolute atomic E-state index is 12.8. The van der Waals surface area contributed by atoms with Crippen LogP contribution in [-0.2, 0) is 30.3 Å². The van der Waals surface area contributed by atoms with Gasteiger partial charge in [0.2, 0.25) is 17.7 Å². The van der Waals surface area contributed by atoms with Crippen molar-refractivity contribution in [3.05, 3.63) is 35.4 Å². The van der Waals surface area contributed by atoms with E-state index in [-0.39, 0.29) is 18.4 Å². The third-order valence-electron chi connectivity index (χ3n) is 6.87. The van der Waals surface area contributed by atoms with Gasteiger partial charge in [0.1, 0.15) is 12.1 Å². The van der Waals surface area contributed by atoms with E-state index in [0.717, 1.165) is 30.4 Å². The van der Waals surface area contributed by atoms with Crippen molar-refractivity contribution in [1.29, 1.82) is 0 Å². The summed E-state index contributed by atoms with van der Waals surface area (Å²) >= 11 is 0. The Morgan fingerprint density at radius 1 is 1.03 bits per heavy atom. The highest BCUT2D eigenvalue weighted by Gasteiger charge is 2.35. The second-order valence-corrected chi connectivity index (χ2v) is 9.50. The van der Waals surface area contributed by atoms with Gasteiger partial charge in [-0.3, -0.25) is 14.4 Å². The molecule has 1 aliphatic heterocycles. The molecule has 3 amide bonds. The molecule has 186 valence electrons. The SMILES string of the molecule is COC(=O)C(Cc1ccc(C)cc1)NC(=O)CNC(=O)[C@@H]1CCCN1C(=O)CC1CCCCC1. The molecule has 0 radical (unpaired) electrons. The number of nitrogens with zero attached hydrogens (tertiary/aromatic N) is 1. The average molecular weight is 472 g/mol. The van der Waals surface area contributed by atoms with Crippen LogP contribution in [0.5, 0.6) is 0 Å². The summed E-state index contributed by atoms with van der Waals surface area (Å²) in [5.74, 6) is -0.889. The van der Waals surface area contributed by atoms with Crippen molar-refractivity contribution in [2.45, 2.75) is 76.8 Å². The highest BCUT2D eigenvalue weighted by Crippen LogP contribution is 2.28. The van der Waals surface area contributed by atoms with Crippen molar-refractivity contribution in [3.8, 4) is 0 Å². The summed E-state index contributed by atoms with van der Waals surface area (Å²) in [6, 6.07) is 6.30. The highest BCUT2D eigenvalue weighted by atomic mass is 16.5. The van der Waals surface area contributed by atoms with Gasteiger partial charge >= 0.3 is 5.97 Å². The van der Waals surface area contributed by atoms with Gasteiger partial charge in [0.15, 0.2) is 0 Å². The van der Waals surface area contributed by atoms with Gasteiger partial charge in [-0.15, -0.1) is 0 Å². The summed E-state index contributed by atoms with van der Waals surface area (Å²) in [6.45, 7) is 2.29. The number of benzene rings is 1. The van der Waals surface area contributed by atoms with Crippen molar-refractivity contribution in [1.82, 2.24) is 15.5 Å². The summed E-state index contributed by atoms with van der Waals surface area (Å²) in [5.41, 5.74) is 1.99. The second-order valence-electron chi connectivity index (χ2n) is 9.50. The molecule has 2 fully saturated rings. The number of methoxy groups -OCH3 is 1. The number of rotatable bonds is 9. The lowest BCUT2D eigenvalue weighted by Gasteiger charge is -2.27. The minimum absolute atomic E-state index is 0.0397. The van der Waals surface area contributed by atoms with Gasteiger partial charge < -0.3 is 20.3 Å². The number of esters is 1. The first-order valence-electron chi connectivity index (χ1n) is 12.4. The molecule has 2 aliphatic rings. The molecule has 8 nitrogen and oxygen atoms in total. The summed E-state index contributed by atoms with van der Waals surface area (Å²) < 4.78 is 4.83. The molecule has 0 bridgehead atoms. The molecule has 1 aromatic rings. The zero-order chi connectivity index (χ0) is 24.5. The molecular weight excluding hydrogens is 434 g/mol. The molecule has 8 heteroatoms. The van der Waals surface area contributed by atoms with Crippen molar-refractivity contribution >= 4 is 23.7 Å². The van der Waals surface area contributed by atoms with E-state index < -0.39 is 24.0 Å². The quantitative estimate of drug-likeness (QED) is 0.538. The number of hydrogen-bond acceptors (Lipinski definition) is 5. The van der Waals surface area contributed by atoms with E-state index >= 15 is 0 Å². The molecule has 2 N–H and O–H groups in total. The Hall–Kier alpha value is -2.90. The van der Waals surface area contributed by atoms with Crippen LogP contribution in [0.2, 0.25) is 0 Å². The normalized spacial score (nSPS) is 19.4. The number of nitrogens with one attached hydrogen (secondary N) is 2. The predicted octanol–water partition coefficient (Wildman–Crippen LogP) is 2.27. The predicted molar refractivity (Wildman–Crippen MR) is 128 cm³/mol. The number of amides is 3. The number of likely N-dealkylation sites (tertiary alicyclic amines) is 1. The van der Waals surface area contributed by atoms with E-state index in [1.165, 1.54) is 26.4 Å². The van der Waals surface area contributed by atoms with Crippen LogP contribution >= 0.6 is 0 Å². The van der Waals surface area contributed by atoms with Crippen LogP contribution in [0.15, 0.2) is 24.3 Å². The molecule has 1 aromatic carbocycles. The molecule has 0 aromatic heterocycles. The Morgan fingerprint density at radius 3 is 2.41 bits per heavy atom. The number of carbonyl (C=O) groups is 4. The van der Waals surface area contributed by atoms with Gasteiger partial charge in [-0.1, -0.05) is 49.1 Å². The number of carbonyl (C=O) groups excluding carboxylic acids is 4. The maximum atomic E-state index is 12.8. The highest BCUT2D eigenvalue weighted by molar-refractivity contribution is 5.92. The maximum Gasteiger partial charge on any atom is 0.328 e. The van der Waals surface area contributed by atoms with Crippen molar-refractivity contribution < 1.29 is 23.9 Å². The zero-order valence-electron chi connectivity index (χ0n) is 20.3. The fourth-order valence-corrected chi connectivity index (χ4v) is 4.92. The first-order chi connectivity index (χ1) is 16.4. The zero-order valence-corrected chi connectivity index (χ0v) is 20.3. The number of aryl methyl sites for hydroxylation is 1. The largest absolute Gasteiger partial charge is 0.467 e. The number of ether oxygens (including phenoxy) is 1. The molecule has 1 saturated heterocycles. The third-order valence-corrected chi connectivity index (χ3v) is 6.87. The Kier molecular flexibility index (Phi) is 9.48. The summed E-state index contributed by atoms with van der Waals surface area (Å²) in [4.78, 5) is 52.0. The molecule has 0 spiro atoms. The third kappa shape index (κ3) is 7.30. The molecule has 1 unspecified atom stereocenters. The fourth-order valence-electron chi connectivity index (χ4n) is 4.92. The van der Waals surface area contributed by atoms with Gasteiger partial charge in [0, 0.05) is 19.4 Å². The Labute approximate surface area is 201 Å². The monoisotopic (exact) mass is 471 g/mol. The molecule has 1 heterocycles. The Morgan fingerprint density at radius 2 is 1.74 bits per heavy atom. The minimum atomic E-state index is -0.850. The molecule has 1 aliphatic carbocycles. The topological polar surface area (TPSA) is 105 Å². The minimum Gasteiger partial charge on any atom is -0.467 e. The smallest absolute Gasteiger partial charge is 0.328 e. The summed E-state index contributed by atoms with van der Waals surface area (Å²) in [6.07, 6.45) is 7.93. The Bertz CT molecular complexity index is 864. The molecule has 3 rings (SSSR count). The van der Waals surface area contributed by atoms with Gasteiger partial charge in [-0.25, -0.2) is 4.79 Å². The van der Waals surface area contributed by atoms with E-state index in [9.17, 15) is 19.2 Å². The van der Waals surface area contributed by atoms with Gasteiger partial charge in [0.05, 0.1) is 13.7 Å². The van der Waals surface area contributed by atoms with E-state index in [1.807, 2.05) is 31.2 Å². The molecular formula is C26H37N3O5. The molecule has 1 saturated carbocycles. The fraction of sp³-hybridized carbons (Fsp3) is 0.615. The van der Waals surface area contributed by atoms with Crippen LogP contribution in [-0.4, -0.2) is 60.9 Å². The van der Waals surface area contributed by atoms with Crippen LogP contribution in [0.3, 0.4) is 0 Å². The number of hydrogen-bond donors (Lipinski definition) is 2. The van der Waals surface area contributed by atoms with E-state index in [2.05, 4.69) is 10.6 Å². The lowest BCUT2D eigenvalue weighted by Crippen LogP contribution is -2.50. The van der Waals surface area contributed by atoms with Crippen molar-refractivity contribution in [2.75, 3.05) is 20.2 Å². The lowest BCUT2D eigenvalue weighted by atomic mass is 9.86. The second kappa shape index (κ2) is 12.5. The van der Waals surface area contributed by atoms with Crippen LogP contribution in [0.4, 0.5) is 0 Å². The first-order valence-corrected chi connectivity index (χ1v) is 12.4. The van der Waals surface area contributed by atoms with Crippen molar-refractivity contribution in [2.24, 2.45) is 5.92 Å². The molecule has 34 heavy (non-hydrogen) atoms. The van der Waals surface area contributed by atoms with Crippen LogP contribution < -0.4 is 10.6 Å². The van der Waals surface area contributed by atoms with Gasteiger partial charge in [-0.2, -0.15) is 0 Å². The Balaban J connectivity index is 1.49. The summed E-state index contributed by atoms with van der Waals surface area (Å²) in [5, 5.41) is 5.31. The van der Waals surface area contributed by atoms with Crippen molar-refractivity contribution in [3.63, 3.8) is 0 Å². The van der Waals surface area contributed by atoms with E-state index in [0.29, 0.717) is 31.7 Å². The first kappa shape index (κ1) is 25.7. The average Bonchev–Trinajstić information content (AvgIpc) is 3.34. The van der Waals surface area contributed by atoms with Gasteiger partial charge in [-0.05, 0) is 44.1 Å². The van der Waals surface area contributed by atoms with Crippen LogP contribution in [0, 0.1) is 12.8 Å². The van der Waals surface area contributed by atoms with E-state index in [4.69, 9.17) is 4.74 Å². The van der Waals surface area contributed by atoms with Gasteiger partial charge in [0.25, 0.3) is 0 Å². The lowest BCUT2D eigenvalue weighted by molar-refractivity contribution is -0.145. The van der Waals surface area contributed by atoms with E-state index in [1.54, 1.807) is 4.90 Å². The summed E-state index contributed by atoms with van der Waals surface area (Å²) in [7, 11) is 1.28. The molecule has 2 atom stereocenters. The standard InChI is InChI=1S/C26H37N3O5/c1-18-10-12-20(13-11-18)15-21(26(33)34-2)28-23(30)17-27-25(32)22-9-6-14-29(22)24(31)16-19-7-4-3-5-8-19/h10-13,19,21-22H,3-9,14-17H2,1-2H3,(H,27,32)(H,28,30)/t21?,22-/m0/s1. The van der Waals surface area contributed by atoms with Crippen LogP contribution in [0.25, 0.3) is 0 Å². The van der Waals surface area contributed by atoms with Crippen LogP contribution in [0.1, 0.15) is 62.5 Å².